The maximum Gasteiger partial charge on any atom is 1.00 e. The Bertz CT molecular complexity index is 1340. The van der Waals surface area contributed by atoms with Crippen molar-refractivity contribution in [1.82, 2.24) is 9.72 Å². The third-order valence-corrected chi connectivity index (χ3v) is 5.04. The van der Waals surface area contributed by atoms with E-state index in [1.54, 1.807) is 24.3 Å². The van der Waals surface area contributed by atoms with Crippen molar-refractivity contribution in [1.29, 1.82) is 0 Å². The molecule has 4 aromatic rings. The van der Waals surface area contributed by atoms with E-state index >= 15 is 0 Å². The second-order valence-corrected chi connectivity index (χ2v) is 7.47. The normalized spacial score (nSPS) is 10.5. The van der Waals surface area contributed by atoms with Crippen LogP contribution in [-0.2, 0) is 13.2 Å². The Balaban J connectivity index is 0.00000324. The first-order valence-corrected chi connectivity index (χ1v) is 10.4. The van der Waals surface area contributed by atoms with Gasteiger partial charge in [-0.1, -0.05) is 36.4 Å². The van der Waals surface area contributed by atoms with Gasteiger partial charge in [0.05, 0.1) is 6.61 Å². The van der Waals surface area contributed by atoms with Gasteiger partial charge in [-0.15, -0.1) is 0 Å². The number of benzene rings is 3. The van der Waals surface area contributed by atoms with E-state index < -0.39 is 11.4 Å². The van der Waals surface area contributed by atoms with Crippen LogP contribution in [0.4, 0.5) is 0 Å². The largest absolute Gasteiger partial charge is 1.00 e. The molecule has 1 heterocycles. The van der Waals surface area contributed by atoms with Crippen molar-refractivity contribution in [3.8, 4) is 22.6 Å². The number of aliphatic hydroxyl groups is 1. The summed E-state index contributed by atoms with van der Waals surface area (Å²) in [5.74, 6) is 0.512. The maximum atomic E-state index is 11.5. The number of aryl methyl sites for hydroxylation is 1. The number of rotatable bonds is 9. The Labute approximate surface area is 238 Å². The van der Waals surface area contributed by atoms with Gasteiger partial charge >= 0.3 is 57.1 Å². The summed E-state index contributed by atoms with van der Waals surface area (Å²) in [4.78, 5) is 25.7. The smallest absolute Gasteiger partial charge is 0.491 e. The van der Waals surface area contributed by atoms with Crippen LogP contribution in [0.5, 0.6) is 11.5 Å². The molecular formula is C25H23KN2O6. The van der Waals surface area contributed by atoms with Gasteiger partial charge in [-0.25, -0.2) is 4.79 Å². The van der Waals surface area contributed by atoms with Gasteiger partial charge in [0.2, 0.25) is 0 Å². The molecule has 0 saturated carbocycles. The van der Waals surface area contributed by atoms with Crippen LogP contribution in [0.3, 0.4) is 0 Å². The second-order valence-electron chi connectivity index (χ2n) is 7.47. The summed E-state index contributed by atoms with van der Waals surface area (Å²) in [5, 5.41) is 8.91. The van der Waals surface area contributed by atoms with Gasteiger partial charge in [0, 0.05) is 6.54 Å². The van der Waals surface area contributed by atoms with Crippen LogP contribution in [0.1, 0.15) is 16.7 Å². The minimum Gasteiger partial charge on any atom is -0.491 e. The van der Waals surface area contributed by atoms with Crippen molar-refractivity contribution in [3.63, 3.8) is 0 Å². The Hall–Kier alpha value is -2.40. The molecule has 1 aromatic heterocycles. The summed E-state index contributed by atoms with van der Waals surface area (Å²) in [6, 6.07) is 21.2. The predicted molar refractivity (Wildman–Crippen MR) is 122 cm³/mol. The molecule has 0 atom stereocenters. The Kier molecular flexibility index (Phi) is 9.51. The number of ether oxygens (including phenoxy) is 2. The molecule has 0 amide bonds. The van der Waals surface area contributed by atoms with Gasteiger partial charge in [0.25, 0.3) is 0 Å². The molecule has 0 bridgehead atoms. The topological polar surface area (TPSA) is 105 Å². The molecule has 0 radical (unpaired) electrons. The molecular weight excluding hydrogens is 463 g/mol. The standard InChI is InChI=1S/C25H24N2O6.K/c1-17-13-22(31-12-11-28)9-10-23(17)20-4-2-3-19(14-20)16-32-21-7-5-18(6-8-21)15-27-24(29)26-25(30)33-27;/h2-10,13-14,28H,11-12,15-16H2,1H3,(H,26,29,30);/q;+1/p-1. The first-order valence-electron chi connectivity index (χ1n) is 10.4. The molecule has 8 nitrogen and oxygen atoms in total. The summed E-state index contributed by atoms with van der Waals surface area (Å²) < 4.78 is 17.0. The molecule has 0 aliphatic rings. The third-order valence-electron chi connectivity index (χ3n) is 5.04. The molecule has 0 fully saturated rings. The molecule has 0 aliphatic carbocycles. The van der Waals surface area contributed by atoms with E-state index in [0.29, 0.717) is 12.4 Å². The SMILES string of the molecule is Cc1cc(OCCO)ccc1-c1cccc(COc2ccc(Cn3oc(=O)[n-]c3=O)cc2)c1.[K+]. The summed E-state index contributed by atoms with van der Waals surface area (Å²) in [6.07, 6.45) is 0. The van der Waals surface area contributed by atoms with Crippen LogP contribution in [0, 0.1) is 6.92 Å². The average Bonchev–Trinajstić information content (AvgIpc) is 3.13. The fourth-order valence-electron chi connectivity index (χ4n) is 3.45. The molecule has 34 heavy (non-hydrogen) atoms. The number of nitrogens with zero attached hydrogens (tertiary/aromatic N) is 2. The van der Waals surface area contributed by atoms with E-state index in [1.807, 2.05) is 43.3 Å². The summed E-state index contributed by atoms with van der Waals surface area (Å²) in [6.45, 7) is 2.79. The second kappa shape index (κ2) is 12.3. The van der Waals surface area contributed by atoms with Crippen molar-refractivity contribution in [2.24, 2.45) is 0 Å². The van der Waals surface area contributed by atoms with Crippen LogP contribution in [0.25, 0.3) is 11.1 Å². The van der Waals surface area contributed by atoms with Gasteiger partial charge in [0.15, 0.2) is 5.69 Å². The number of aromatic nitrogens is 2. The number of aliphatic hydroxyl groups excluding tert-OH is 1. The van der Waals surface area contributed by atoms with E-state index in [-0.39, 0.29) is 71.1 Å². The molecule has 0 spiro atoms. The molecule has 3 aromatic carbocycles. The zero-order chi connectivity index (χ0) is 23.2. The molecule has 0 unspecified atom stereocenters. The molecule has 170 valence electrons. The van der Waals surface area contributed by atoms with E-state index in [2.05, 4.69) is 11.1 Å². The van der Waals surface area contributed by atoms with Gasteiger partial charge < -0.3 is 24.1 Å². The third kappa shape index (κ3) is 6.81. The van der Waals surface area contributed by atoms with Crippen molar-refractivity contribution >= 4 is 0 Å². The van der Waals surface area contributed by atoms with Crippen molar-refractivity contribution < 1.29 is 70.5 Å². The molecule has 0 aliphatic heterocycles. The van der Waals surface area contributed by atoms with E-state index in [4.69, 9.17) is 19.1 Å². The molecule has 9 heteroatoms. The van der Waals surface area contributed by atoms with E-state index in [0.717, 1.165) is 38.3 Å². The fourth-order valence-corrected chi connectivity index (χ4v) is 3.45. The molecule has 1 N–H and O–H groups in total. The summed E-state index contributed by atoms with van der Waals surface area (Å²) >= 11 is 0. The number of hydrogen-bond donors (Lipinski definition) is 1. The van der Waals surface area contributed by atoms with Gasteiger partial charge in [-0.2, -0.15) is 0 Å². The Morgan fingerprint density at radius 2 is 1.71 bits per heavy atom. The first kappa shape index (κ1) is 26.2. The van der Waals surface area contributed by atoms with Crippen LogP contribution in [0.15, 0.2) is 80.8 Å². The van der Waals surface area contributed by atoms with Crippen LogP contribution >= 0.6 is 0 Å². The Morgan fingerprint density at radius 1 is 0.941 bits per heavy atom. The first-order chi connectivity index (χ1) is 16.0. The molecule has 0 saturated heterocycles. The number of hydrogen-bond acceptors (Lipinski definition) is 6. The molecule has 4 rings (SSSR count). The fraction of sp³-hybridized carbons (Fsp3) is 0.200. The van der Waals surface area contributed by atoms with Gasteiger partial charge in [-0.05, 0) is 65.1 Å². The zero-order valence-electron chi connectivity index (χ0n) is 19.1. The zero-order valence-corrected chi connectivity index (χ0v) is 22.2. The monoisotopic (exact) mass is 486 g/mol. The van der Waals surface area contributed by atoms with Gasteiger partial charge in [0.1, 0.15) is 24.7 Å². The van der Waals surface area contributed by atoms with Crippen molar-refractivity contribution in [2.45, 2.75) is 20.1 Å². The average molecular weight is 487 g/mol. The van der Waals surface area contributed by atoms with Crippen LogP contribution < -0.4 is 77.3 Å². The minimum atomic E-state index is -0.900. The van der Waals surface area contributed by atoms with Crippen LogP contribution in [0.2, 0.25) is 0 Å². The maximum absolute atomic E-state index is 11.5. The predicted octanol–water partition coefficient (Wildman–Crippen LogP) is -0.263. The van der Waals surface area contributed by atoms with E-state index in [1.165, 1.54) is 0 Å². The van der Waals surface area contributed by atoms with E-state index in [9.17, 15) is 9.59 Å². The van der Waals surface area contributed by atoms with Crippen molar-refractivity contribution in [2.75, 3.05) is 13.2 Å². The Morgan fingerprint density at radius 3 is 2.38 bits per heavy atom. The summed E-state index contributed by atoms with van der Waals surface area (Å²) in [7, 11) is 0. The van der Waals surface area contributed by atoms with Crippen molar-refractivity contribution in [3.05, 3.63) is 104 Å². The quantitative estimate of drug-likeness (QED) is 0.325. The minimum absolute atomic E-state index is 0. The van der Waals surface area contributed by atoms with Crippen LogP contribution in [-0.4, -0.2) is 23.1 Å². The van der Waals surface area contributed by atoms with Gasteiger partial charge in [-0.3, -0.25) is 9.53 Å². The summed E-state index contributed by atoms with van der Waals surface area (Å²) in [5.41, 5.74) is 4.35.